The second kappa shape index (κ2) is 7.53. The molecular formula is C19H18N2O3S3. The number of amides is 1. The maximum Gasteiger partial charge on any atom is 0.225 e. The lowest BCUT2D eigenvalue weighted by atomic mass is 10.2. The smallest absolute Gasteiger partial charge is 0.225 e. The summed E-state index contributed by atoms with van der Waals surface area (Å²) in [6.07, 6.45) is 0.693. The number of thiophene rings is 1. The largest absolute Gasteiger partial charge is 0.352 e. The molecule has 2 aromatic heterocycles. The van der Waals surface area contributed by atoms with Gasteiger partial charge in [0.15, 0.2) is 9.84 Å². The summed E-state index contributed by atoms with van der Waals surface area (Å²) in [6.45, 7) is 0. The molecular weight excluding hydrogens is 400 g/mol. The molecule has 5 nitrogen and oxygen atoms in total. The number of benzene rings is 1. The Morgan fingerprint density at radius 2 is 2.00 bits per heavy atom. The minimum Gasteiger partial charge on any atom is -0.352 e. The Morgan fingerprint density at radius 1 is 1.19 bits per heavy atom. The lowest BCUT2D eigenvalue weighted by Gasteiger charge is -2.10. The SMILES string of the molecule is O=C(Cc1sc(-c2ccccc2)nc1-c1cccs1)N[C@H]1CCS(=O)(=O)C1. The molecule has 0 bridgehead atoms. The van der Waals surface area contributed by atoms with Crippen molar-refractivity contribution in [1.82, 2.24) is 10.3 Å². The molecule has 1 N–H and O–H groups in total. The molecule has 4 rings (SSSR count). The van der Waals surface area contributed by atoms with Crippen LogP contribution in [0.15, 0.2) is 47.8 Å². The third kappa shape index (κ3) is 4.28. The van der Waals surface area contributed by atoms with Crippen molar-refractivity contribution in [2.24, 2.45) is 0 Å². The third-order valence-corrected chi connectivity index (χ3v) is 8.14. The summed E-state index contributed by atoms with van der Waals surface area (Å²) >= 11 is 3.10. The first-order valence-corrected chi connectivity index (χ1v) is 12.1. The molecule has 27 heavy (non-hydrogen) atoms. The van der Waals surface area contributed by atoms with E-state index in [1.807, 2.05) is 47.8 Å². The van der Waals surface area contributed by atoms with Gasteiger partial charge >= 0.3 is 0 Å². The van der Waals surface area contributed by atoms with Crippen molar-refractivity contribution < 1.29 is 13.2 Å². The number of carbonyl (C=O) groups excluding carboxylic acids is 1. The van der Waals surface area contributed by atoms with Crippen LogP contribution in [0, 0.1) is 0 Å². The summed E-state index contributed by atoms with van der Waals surface area (Å²) in [6, 6.07) is 13.6. The van der Waals surface area contributed by atoms with E-state index >= 15 is 0 Å². The maximum atomic E-state index is 12.5. The van der Waals surface area contributed by atoms with Crippen molar-refractivity contribution in [2.75, 3.05) is 11.5 Å². The quantitative estimate of drug-likeness (QED) is 0.689. The summed E-state index contributed by atoms with van der Waals surface area (Å²) in [5.41, 5.74) is 1.86. The Kier molecular flexibility index (Phi) is 5.12. The van der Waals surface area contributed by atoms with E-state index in [1.165, 1.54) is 11.3 Å². The van der Waals surface area contributed by atoms with Crippen molar-refractivity contribution in [2.45, 2.75) is 18.9 Å². The van der Waals surface area contributed by atoms with Gasteiger partial charge in [-0.3, -0.25) is 4.79 Å². The molecule has 3 aromatic rings. The number of hydrogen-bond acceptors (Lipinski definition) is 6. The van der Waals surface area contributed by atoms with Gasteiger partial charge < -0.3 is 5.32 Å². The van der Waals surface area contributed by atoms with Gasteiger partial charge in [0.05, 0.1) is 28.5 Å². The van der Waals surface area contributed by atoms with Crippen LogP contribution in [0.5, 0.6) is 0 Å². The van der Waals surface area contributed by atoms with Gasteiger partial charge in [0.1, 0.15) is 5.01 Å². The summed E-state index contributed by atoms with van der Waals surface area (Å²) in [4.78, 5) is 19.2. The Labute approximate surface area is 166 Å². The standard InChI is InChI=1S/C19H18N2O3S3/c22-17(20-14-8-10-27(23,24)12-14)11-16-18(15-7-4-9-25-15)21-19(26-16)13-5-2-1-3-6-13/h1-7,9,14H,8,10-12H2,(H,20,22)/t14-/m0/s1. The van der Waals surface area contributed by atoms with E-state index in [9.17, 15) is 13.2 Å². The highest BCUT2D eigenvalue weighted by atomic mass is 32.2. The van der Waals surface area contributed by atoms with Gasteiger partial charge in [-0.1, -0.05) is 36.4 Å². The van der Waals surface area contributed by atoms with Crippen LogP contribution in [0.3, 0.4) is 0 Å². The molecule has 0 spiro atoms. The Morgan fingerprint density at radius 3 is 2.67 bits per heavy atom. The van der Waals surface area contributed by atoms with Crippen LogP contribution in [0.2, 0.25) is 0 Å². The van der Waals surface area contributed by atoms with E-state index in [4.69, 9.17) is 4.98 Å². The lowest BCUT2D eigenvalue weighted by Crippen LogP contribution is -2.36. The molecule has 1 saturated heterocycles. The normalized spacial score (nSPS) is 18.4. The van der Waals surface area contributed by atoms with Crippen LogP contribution in [0.25, 0.3) is 21.1 Å². The second-order valence-corrected chi connectivity index (χ2v) is 10.7. The molecule has 3 heterocycles. The monoisotopic (exact) mass is 418 g/mol. The van der Waals surface area contributed by atoms with Gasteiger partial charge in [-0.15, -0.1) is 22.7 Å². The number of hydrogen-bond donors (Lipinski definition) is 1. The molecule has 1 amide bonds. The molecule has 1 aliphatic rings. The average molecular weight is 419 g/mol. The highest BCUT2D eigenvalue weighted by Gasteiger charge is 2.29. The van der Waals surface area contributed by atoms with E-state index in [0.717, 1.165) is 26.0 Å². The lowest BCUT2D eigenvalue weighted by molar-refractivity contribution is -0.120. The van der Waals surface area contributed by atoms with Crippen molar-refractivity contribution in [3.8, 4) is 21.1 Å². The molecule has 1 fully saturated rings. The first-order valence-electron chi connectivity index (χ1n) is 8.59. The predicted octanol–water partition coefficient (Wildman–Crippen LogP) is 3.38. The first kappa shape index (κ1) is 18.3. The van der Waals surface area contributed by atoms with Crippen LogP contribution in [-0.2, 0) is 21.1 Å². The number of sulfone groups is 1. The van der Waals surface area contributed by atoms with E-state index in [2.05, 4.69) is 5.32 Å². The number of carbonyl (C=O) groups is 1. The minimum atomic E-state index is -3.01. The minimum absolute atomic E-state index is 0.0362. The first-order chi connectivity index (χ1) is 13.0. The van der Waals surface area contributed by atoms with Crippen LogP contribution >= 0.6 is 22.7 Å². The van der Waals surface area contributed by atoms with Crippen LogP contribution in [0.4, 0.5) is 0 Å². The number of aromatic nitrogens is 1. The van der Waals surface area contributed by atoms with Gasteiger partial charge in [-0.05, 0) is 17.9 Å². The summed E-state index contributed by atoms with van der Waals surface area (Å²) < 4.78 is 23.2. The van der Waals surface area contributed by atoms with E-state index in [1.54, 1.807) is 11.3 Å². The second-order valence-electron chi connectivity index (χ2n) is 6.48. The average Bonchev–Trinajstić information content (AvgIpc) is 3.36. The predicted molar refractivity (Wildman–Crippen MR) is 110 cm³/mol. The van der Waals surface area contributed by atoms with Gasteiger partial charge in [0, 0.05) is 16.5 Å². The topological polar surface area (TPSA) is 76.1 Å². The highest BCUT2D eigenvalue weighted by molar-refractivity contribution is 7.91. The molecule has 8 heteroatoms. The zero-order valence-electron chi connectivity index (χ0n) is 14.4. The molecule has 0 radical (unpaired) electrons. The number of rotatable bonds is 5. The van der Waals surface area contributed by atoms with E-state index in [0.29, 0.717) is 6.42 Å². The third-order valence-electron chi connectivity index (χ3n) is 4.39. The summed E-state index contributed by atoms with van der Waals surface area (Å²) in [7, 11) is -3.01. The molecule has 0 aliphatic carbocycles. The molecule has 0 unspecified atom stereocenters. The van der Waals surface area contributed by atoms with Crippen molar-refractivity contribution in [3.63, 3.8) is 0 Å². The van der Waals surface area contributed by atoms with Crippen LogP contribution in [-0.4, -0.2) is 36.9 Å². The highest BCUT2D eigenvalue weighted by Crippen LogP contribution is 2.36. The fourth-order valence-electron chi connectivity index (χ4n) is 3.11. The maximum absolute atomic E-state index is 12.5. The molecule has 140 valence electrons. The fraction of sp³-hybridized carbons (Fsp3) is 0.263. The number of nitrogens with one attached hydrogen (secondary N) is 1. The number of thiazole rings is 1. The summed E-state index contributed by atoms with van der Waals surface area (Å²) in [5.74, 6) is 0.0316. The van der Waals surface area contributed by atoms with Crippen LogP contribution in [0.1, 0.15) is 11.3 Å². The zero-order chi connectivity index (χ0) is 18.9. The molecule has 1 aromatic carbocycles. The van der Waals surface area contributed by atoms with E-state index < -0.39 is 9.84 Å². The van der Waals surface area contributed by atoms with Crippen molar-refractivity contribution >= 4 is 38.4 Å². The molecule has 1 atom stereocenters. The van der Waals surface area contributed by atoms with Gasteiger partial charge in [-0.2, -0.15) is 0 Å². The Hall–Kier alpha value is -2.03. The number of nitrogens with zero attached hydrogens (tertiary/aromatic N) is 1. The van der Waals surface area contributed by atoms with E-state index in [-0.39, 0.29) is 29.9 Å². The van der Waals surface area contributed by atoms with Gasteiger partial charge in [0.2, 0.25) is 5.91 Å². The Bertz CT molecular complexity index is 1040. The fourth-order valence-corrected chi connectivity index (χ4v) is 6.67. The van der Waals surface area contributed by atoms with Crippen molar-refractivity contribution in [3.05, 3.63) is 52.7 Å². The van der Waals surface area contributed by atoms with Gasteiger partial charge in [-0.25, -0.2) is 13.4 Å². The Balaban J connectivity index is 1.57. The summed E-state index contributed by atoms with van der Waals surface area (Å²) in [5, 5.41) is 5.74. The molecule has 1 aliphatic heterocycles. The van der Waals surface area contributed by atoms with Gasteiger partial charge in [0.25, 0.3) is 0 Å². The zero-order valence-corrected chi connectivity index (χ0v) is 16.9. The molecule has 0 saturated carbocycles. The van der Waals surface area contributed by atoms with Crippen LogP contribution < -0.4 is 5.32 Å². The van der Waals surface area contributed by atoms with Crippen molar-refractivity contribution in [1.29, 1.82) is 0 Å².